The first kappa shape index (κ1) is 22.6. The van der Waals surface area contributed by atoms with Gasteiger partial charge in [-0.05, 0) is 61.6 Å². The van der Waals surface area contributed by atoms with Crippen LogP contribution in [0.5, 0.6) is 0 Å². The molecule has 1 heterocycles. The van der Waals surface area contributed by atoms with Crippen LogP contribution in [0, 0.1) is 11.3 Å². The second kappa shape index (κ2) is 10.3. The third kappa shape index (κ3) is 5.23. The van der Waals surface area contributed by atoms with Gasteiger partial charge in [-0.3, -0.25) is 9.59 Å². The van der Waals surface area contributed by atoms with E-state index in [1.54, 1.807) is 0 Å². The van der Waals surface area contributed by atoms with Crippen molar-refractivity contribution in [2.24, 2.45) is 11.3 Å². The summed E-state index contributed by atoms with van der Waals surface area (Å²) in [6.07, 6.45) is 7.80. The molecule has 2 aliphatic rings. The first-order chi connectivity index (χ1) is 15.6. The number of hydrogen-bond donors (Lipinski definition) is 1. The zero-order valence-corrected chi connectivity index (χ0v) is 19.3. The van der Waals surface area contributed by atoms with Crippen LogP contribution in [0.2, 0.25) is 0 Å². The number of likely N-dealkylation sites (tertiary alicyclic amines) is 1. The van der Waals surface area contributed by atoms with Gasteiger partial charge in [0.2, 0.25) is 11.8 Å². The van der Waals surface area contributed by atoms with Gasteiger partial charge in [-0.25, -0.2) is 0 Å². The maximum atomic E-state index is 13.2. The Hall–Kier alpha value is -2.62. The molecule has 0 bridgehead atoms. The Morgan fingerprint density at radius 1 is 0.938 bits per heavy atom. The molecule has 2 fully saturated rings. The summed E-state index contributed by atoms with van der Waals surface area (Å²) >= 11 is 0. The summed E-state index contributed by atoms with van der Waals surface area (Å²) in [6, 6.07) is 19.0. The van der Waals surface area contributed by atoms with Crippen molar-refractivity contribution in [1.82, 2.24) is 10.2 Å². The number of carbonyl (C=O) groups is 2. The smallest absolute Gasteiger partial charge is 0.226 e. The van der Waals surface area contributed by atoms with E-state index in [9.17, 15) is 9.59 Å². The summed E-state index contributed by atoms with van der Waals surface area (Å²) in [5.74, 6) is 0.990. The van der Waals surface area contributed by atoms with Gasteiger partial charge in [0.15, 0.2) is 0 Å². The molecule has 4 nitrogen and oxygen atoms in total. The van der Waals surface area contributed by atoms with Crippen LogP contribution in [0.15, 0.2) is 54.6 Å². The molecule has 0 radical (unpaired) electrons. The monoisotopic (exact) mass is 432 g/mol. The van der Waals surface area contributed by atoms with Crippen molar-refractivity contribution in [2.45, 2.75) is 58.3 Å². The van der Waals surface area contributed by atoms with Gasteiger partial charge in [0, 0.05) is 26.1 Å². The second-order valence-electron chi connectivity index (χ2n) is 9.61. The van der Waals surface area contributed by atoms with Crippen LogP contribution < -0.4 is 5.32 Å². The Kier molecular flexibility index (Phi) is 7.29. The summed E-state index contributed by atoms with van der Waals surface area (Å²) in [7, 11) is 0. The fraction of sp³-hybridized carbons (Fsp3) is 0.500. The van der Waals surface area contributed by atoms with Crippen LogP contribution in [0.4, 0.5) is 0 Å². The van der Waals surface area contributed by atoms with E-state index < -0.39 is 5.41 Å². The highest BCUT2D eigenvalue weighted by Gasteiger charge is 2.42. The topological polar surface area (TPSA) is 49.4 Å². The number of carbonyl (C=O) groups excluding carboxylic acids is 2. The molecule has 32 heavy (non-hydrogen) atoms. The molecule has 1 saturated heterocycles. The normalized spacial score (nSPS) is 18.5. The number of amides is 2. The maximum Gasteiger partial charge on any atom is 0.226 e. The Morgan fingerprint density at radius 2 is 1.56 bits per heavy atom. The molecule has 2 amide bonds. The summed E-state index contributed by atoms with van der Waals surface area (Å²) in [4.78, 5) is 28.0. The molecule has 2 aromatic carbocycles. The summed E-state index contributed by atoms with van der Waals surface area (Å²) in [5, 5.41) is 3.07. The zero-order valence-electron chi connectivity index (χ0n) is 19.3. The van der Waals surface area contributed by atoms with Gasteiger partial charge in [-0.1, -0.05) is 67.4 Å². The van der Waals surface area contributed by atoms with Crippen LogP contribution in [-0.2, 0) is 16.0 Å². The molecular formula is C28H36N2O2. The number of piperidine rings is 1. The highest BCUT2D eigenvalue weighted by molar-refractivity contribution is 5.84. The molecule has 4 heteroatoms. The van der Waals surface area contributed by atoms with Gasteiger partial charge in [0.25, 0.3) is 0 Å². The minimum absolute atomic E-state index is 0.134. The number of rotatable bonds is 7. The summed E-state index contributed by atoms with van der Waals surface area (Å²) in [5.41, 5.74) is 3.14. The average Bonchev–Trinajstić information content (AvgIpc) is 3.34. The Bertz CT molecular complexity index is 893. The lowest BCUT2D eigenvalue weighted by Crippen LogP contribution is -2.51. The van der Waals surface area contributed by atoms with E-state index in [0.717, 1.165) is 19.3 Å². The maximum absolute atomic E-state index is 13.2. The first-order valence-corrected chi connectivity index (χ1v) is 12.3. The molecule has 0 atom stereocenters. The number of nitrogens with zero attached hydrogens (tertiary/aromatic N) is 1. The SMILES string of the molecule is CCNC(=O)C1(Cc2ccc(-c3ccccc3)cc2)CCN(C(=O)CC2CCCC2)CC1. The molecule has 0 aromatic heterocycles. The van der Waals surface area contributed by atoms with Crippen LogP contribution in [0.1, 0.15) is 57.4 Å². The van der Waals surface area contributed by atoms with Crippen LogP contribution in [0.25, 0.3) is 11.1 Å². The predicted molar refractivity (Wildman–Crippen MR) is 129 cm³/mol. The summed E-state index contributed by atoms with van der Waals surface area (Å²) < 4.78 is 0. The summed E-state index contributed by atoms with van der Waals surface area (Å²) in [6.45, 7) is 3.98. The third-order valence-corrected chi connectivity index (χ3v) is 7.43. The quantitative estimate of drug-likeness (QED) is 0.652. The molecule has 0 spiro atoms. The van der Waals surface area contributed by atoms with E-state index in [1.807, 2.05) is 17.9 Å². The van der Waals surface area contributed by atoms with Gasteiger partial charge >= 0.3 is 0 Å². The van der Waals surface area contributed by atoms with Crippen LogP contribution >= 0.6 is 0 Å². The standard InChI is InChI=1S/C28H36N2O2/c1-2-29-27(32)28(16-18-30(19-17-28)26(31)20-22-8-6-7-9-22)21-23-12-14-25(15-13-23)24-10-4-3-5-11-24/h3-5,10-15,22H,2,6-9,16-21H2,1H3,(H,29,32). The Labute approximate surface area is 192 Å². The molecule has 170 valence electrons. The van der Waals surface area contributed by atoms with Crippen molar-refractivity contribution >= 4 is 11.8 Å². The number of benzene rings is 2. The Morgan fingerprint density at radius 3 is 2.19 bits per heavy atom. The molecule has 1 saturated carbocycles. The number of nitrogens with one attached hydrogen (secondary N) is 1. The highest BCUT2D eigenvalue weighted by atomic mass is 16.2. The molecular weight excluding hydrogens is 396 g/mol. The van der Waals surface area contributed by atoms with Gasteiger partial charge in [0.05, 0.1) is 5.41 Å². The minimum Gasteiger partial charge on any atom is -0.356 e. The second-order valence-corrected chi connectivity index (χ2v) is 9.61. The van der Waals surface area contributed by atoms with Crippen molar-refractivity contribution in [1.29, 1.82) is 0 Å². The first-order valence-electron chi connectivity index (χ1n) is 12.3. The van der Waals surface area contributed by atoms with Crippen molar-refractivity contribution < 1.29 is 9.59 Å². The Balaban J connectivity index is 1.43. The molecule has 0 unspecified atom stereocenters. The van der Waals surface area contributed by atoms with Crippen molar-refractivity contribution in [3.8, 4) is 11.1 Å². The van der Waals surface area contributed by atoms with Gasteiger partial charge in [0.1, 0.15) is 0 Å². The molecule has 4 rings (SSSR count). The van der Waals surface area contributed by atoms with Gasteiger partial charge in [-0.15, -0.1) is 0 Å². The van der Waals surface area contributed by atoms with E-state index >= 15 is 0 Å². The average molecular weight is 433 g/mol. The number of hydrogen-bond acceptors (Lipinski definition) is 2. The van der Waals surface area contributed by atoms with E-state index in [4.69, 9.17) is 0 Å². The molecule has 1 N–H and O–H groups in total. The van der Waals surface area contributed by atoms with Crippen molar-refractivity contribution in [3.05, 3.63) is 60.2 Å². The van der Waals surface area contributed by atoms with E-state index in [-0.39, 0.29) is 11.8 Å². The molecule has 2 aromatic rings. The molecule has 1 aliphatic heterocycles. The van der Waals surface area contributed by atoms with Crippen molar-refractivity contribution in [2.75, 3.05) is 19.6 Å². The van der Waals surface area contributed by atoms with Gasteiger partial charge < -0.3 is 10.2 Å². The van der Waals surface area contributed by atoms with E-state index in [2.05, 4.69) is 53.8 Å². The van der Waals surface area contributed by atoms with E-state index in [1.165, 1.54) is 42.4 Å². The van der Waals surface area contributed by atoms with E-state index in [0.29, 0.717) is 32.0 Å². The fourth-order valence-electron chi connectivity index (χ4n) is 5.44. The third-order valence-electron chi connectivity index (χ3n) is 7.43. The van der Waals surface area contributed by atoms with Crippen LogP contribution in [0.3, 0.4) is 0 Å². The largest absolute Gasteiger partial charge is 0.356 e. The van der Waals surface area contributed by atoms with Crippen LogP contribution in [-0.4, -0.2) is 36.3 Å². The zero-order chi connectivity index (χ0) is 22.4. The lowest BCUT2D eigenvalue weighted by Gasteiger charge is -2.41. The highest BCUT2D eigenvalue weighted by Crippen LogP contribution is 2.37. The lowest BCUT2D eigenvalue weighted by molar-refractivity contribution is -0.141. The predicted octanol–water partition coefficient (Wildman–Crippen LogP) is 5.22. The fourth-order valence-corrected chi connectivity index (χ4v) is 5.44. The lowest BCUT2D eigenvalue weighted by atomic mass is 9.72. The van der Waals surface area contributed by atoms with Crippen molar-refractivity contribution in [3.63, 3.8) is 0 Å². The van der Waals surface area contributed by atoms with Gasteiger partial charge in [-0.2, -0.15) is 0 Å². The molecule has 1 aliphatic carbocycles. The minimum atomic E-state index is -0.436.